The van der Waals surface area contributed by atoms with Gasteiger partial charge in [0.2, 0.25) is 0 Å². The Balaban J connectivity index is 2.58. The van der Waals surface area contributed by atoms with Crippen LogP contribution in [0.5, 0.6) is 0 Å². The second-order valence-corrected chi connectivity index (χ2v) is 4.14. The lowest BCUT2D eigenvalue weighted by atomic mass is 9.88. The largest absolute Gasteiger partial charge is 0.354 e. The average Bonchev–Trinajstić information content (AvgIpc) is 2.54. The normalized spacial score (nSPS) is 20.1. The molecule has 0 spiro atoms. The first-order valence-corrected chi connectivity index (χ1v) is 5.74. The van der Waals surface area contributed by atoms with E-state index in [4.69, 9.17) is 7.85 Å². The molecule has 1 amide bonds. The van der Waals surface area contributed by atoms with E-state index in [1.54, 1.807) is 0 Å². The van der Waals surface area contributed by atoms with E-state index in [1.165, 1.54) is 0 Å². The van der Waals surface area contributed by atoms with Gasteiger partial charge >= 0.3 is 0 Å². The Bertz CT molecular complexity index is 470. The molecule has 0 aliphatic carbocycles. The molecule has 1 heterocycles. The van der Waals surface area contributed by atoms with E-state index in [2.05, 4.69) is 17.9 Å². The first-order valence-electron chi connectivity index (χ1n) is 5.11. The number of hydrogen-bond donors (Lipinski definition) is 2. The van der Waals surface area contributed by atoms with Crippen molar-refractivity contribution in [2.45, 2.75) is 12.9 Å². The molecule has 80 valence electrons. The maximum absolute atomic E-state index is 11.8. The fourth-order valence-electron chi connectivity index (χ4n) is 1.93. The molecule has 1 unspecified atom stereocenters. The topological polar surface area (TPSA) is 29.1 Å². The molecule has 1 aliphatic rings. The van der Waals surface area contributed by atoms with E-state index in [0.717, 1.165) is 16.7 Å². The van der Waals surface area contributed by atoms with Gasteiger partial charge in [0.15, 0.2) is 0 Å². The summed E-state index contributed by atoms with van der Waals surface area (Å²) in [6.45, 7) is 1.98. The van der Waals surface area contributed by atoms with Crippen LogP contribution in [0, 0.1) is 6.92 Å². The molecule has 1 aromatic rings. The van der Waals surface area contributed by atoms with Gasteiger partial charge in [0.1, 0.15) is 7.85 Å². The van der Waals surface area contributed by atoms with Gasteiger partial charge in [0.05, 0.1) is 0 Å². The molecule has 2 nitrogen and oxygen atoms in total. The average molecular weight is 229 g/mol. The maximum atomic E-state index is 11.8. The summed E-state index contributed by atoms with van der Waals surface area (Å²) >= 11 is 4.23. The third-order valence-electron chi connectivity index (χ3n) is 2.79. The summed E-state index contributed by atoms with van der Waals surface area (Å²) in [6, 6.07) is 7.79. The number of carbonyl (C=O) groups excluding carboxylic acids is 1. The number of benzene rings is 1. The molecule has 2 radical (unpaired) electrons. The van der Waals surface area contributed by atoms with Gasteiger partial charge in [-0.15, -0.1) is 0 Å². The lowest BCUT2D eigenvalue weighted by molar-refractivity contribution is -0.115. The molecule has 1 N–H and O–H groups in total. The summed E-state index contributed by atoms with van der Waals surface area (Å²) in [5.41, 5.74) is 3.56. The lowest BCUT2D eigenvalue weighted by Gasteiger charge is -2.08. The third kappa shape index (κ3) is 1.78. The molecule has 0 saturated carbocycles. The maximum Gasteiger partial charge on any atom is 0.251 e. The minimum absolute atomic E-state index is 0.106. The number of nitrogens with one attached hydrogen (secondary N) is 1. The van der Waals surface area contributed by atoms with Crippen molar-refractivity contribution in [3.8, 4) is 0 Å². The van der Waals surface area contributed by atoms with Gasteiger partial charge in [0.25, 0.3) is 5.91 Å². The Kier molecular flexibility index (Phi) is 3.10. The highest BCUT2D eigenvalue weighted by Crippen LogP contribution is 2.28. The molecular formula is C12H12BNOS. The van der Waals surface area contributed by atoms with Gasteiger partial charge in [-0.25, -0.2) is 0 Å². The summed E-state index contributed by atoms with van der Waals surface area (Å²) in [7, 11) is 5.82. The quantitative estimate of drug-likeness (QED) is 0.581. The standard InChI is InChI=1S/C12H12BNOS/c1-7-4-2-3-5-8(7)10-9(6-16)11(13)14-12(10)15/h2-5,11,16H,6H2,1H3,(H,14,15). The molecule has 1 atom stereocenters. The number of hydrogen-bond acceptors (Lipinski definition) is 2. The van der Waals surface area contributed by atoms with Crippen molar-refractivity contribution in [2.24, 2.45) is 0 Å². The molecule has 4 heteroatoms. The predicted molar refractivity (Wildman–Crippen MR) is 69.6 cm³/mol. The highest BCUT2D eigenvalue weighted by atomic mass is 32.1. The van der Waals surface area contributed by atoms with Crippen LogP contribution in [0.25, 0.3) is 5.57 Å². The zero-order valence-electron chi connectivity index (χ0n) is 9.03. The van der Waals surface area contributed by atoms with Crippen molar-refractivity contribution in [1.29, 1.82) is 0 Å². The molecule has 1 aliphatic heterocycles. The Hall–Kier alpha value is -1.16. The van der Waals surface area contributed by atoms with Crippen LogP contribution in [0.2, 0.25) is 0 Å². The second kappa shape index (κ2) is 4.38. The van der Waals surface area contributed by atoms with Crippen molar-refractivity contribution >= 4 is 32.0 Å². The first-order chi connectivity index (χ1) is 7.65. The molecule has 2 rings (SSSR count). The Morgan fingerprint density at radius 3 is 2.75 bits per heavy atom. The van der Waals surface area contributed by atoms with Gasteiger partial charge in [-0.05, 0) is 23.6 Å². The minimum atomic E-state index is -0.403. The van der Waals surface area contributed by atoms with Crippen molar-refractivity contribution in [2.75, 3.05) is 5.75 Å². The molecule has 0 aromatic heterocycles. The number of rotatable bonds is 2. The van der Waals surface area contributed by atoms with Crippen molar-refractivity contribution in [1.82, 2.24) is 5.32 Å². The van der Waals surface area contributed by atoms with Gasteiger partial charge in [-0.3, -0.25) is 4.79 Å². The van der Waals surface area contributed by atoms with Gasteiger partial charge in [-0.2, -0.15) is 12.6 Å². The monoisotopic (exact) mass is 229 g/mol. The van der Waals surface area contributed by atoms with E-state index >= 15 is 0 Å². The van der Waals surface area contributed by atoms with Crippen LogP contribution in [0.15, 0.2) is 29.8 Å². The van der Waals surface area contributed by atoms with Crippen LogP contribution in [-0.4, -0.2) is 25.4 Å². The summed E-state index contributed by atoms with van der Waals surface area (Å²) in [6.07, 6.45) is 0. The van der Waals surface area contributed by atoms with E-state index in [9.17, 15) is 4.79 Å². The number of carbonyl (C=O) groups is 1. The van der Waals surface area contributed by atoms with E-state index in [-0.39, 0.29) is 5.91 Å². The van der Waals surface area contributed by atoms with E-state index < -0.39 is 5.94 Å². The van der Waals surface area contributed by atoms with Crippen LogP contribution in [0.1, 0.15) is 11.1 Å². The fourth-order valence-corrected chi connectivity index (χ4v) is 2.28. The minimum Gasteiger partial charge on any atom is -0.354 e. The highest BCUT2D eigenvalue weighted by Gasteiger charge is 2.28. The van der Waals surface area contributed by atoms with Crippen molar-refractivity contribution < 1.29 is 4.79 Å². The smallest absolute Gasteiger partial charge is 0.251 e. The fraction of sp³-hybridized carbons (Fsp3) is 0.250. The summed E-state index contributed by atoms with van der Waals surface area (Å²) in [5, 5.41) is 2.71. The zero-order chi connectivity index (χ0) is 11.7. The summed E-state index contributed by atoms with van der Waals surface area (Å²) in [5.74, 6) is -0.0192. The first kappa shape index (κ1) is 11.3. The van der Waals surface area contributed by atoms with Crippen LogP contribution >= 0.6 is 12.6 Å². The zero-order valence-corrected chi connectivity index (χ0v) is 9.92. The number of aryl methyl sites for hydroxylation is 1. The van der Waals surface area contributed by atoms with Crippen LogP contribution in [0.4, 0.5) is 0 Å². The van der Waals surface area contributed by atoms with E-state index in [1.807, 2.05) is 31.2 Å². The van der Waals surface area contributed by atoms with E-state index in [0.29, 0.717) is 11.3 Å². The van der Waals surface area contributed by atoms with Gasteiger partial charge in [-0.1, -0.05) is 24.3 Å². The summed E-state index contributed by atoms with van der Waals surface area (Å²) < 4.78 is 0. The summed E-state index contributed by atoms with van der Waals surface area (Å²) in [4.78, 5) is 11.8. The Labute approximate surface area is 102 Å². The third-order valence-corrected chi connectivity index (χ3v) is 3.14. The molecule has 16 heavy (non-hydrogen) atoms. The number of amides is 1. The Morgan fingerprint density at radius 2 is 2.12 bits per heavy atom. The van der Waals surface area contributed by atoms with Crippen LogP contribution in [-0.2, 0) is 4.79 Å². The lowest BCUT2D eigenvalue weighted by Crippen LogP contribution is -2.29. The Morgan fingerprint density at radius 1 is 1.44 bits per heavy atom. The van der Waals surface area contributed by atoms with Crippen molar-refractivity contribution in [3.05, 3.63) is 41.0 Å². The molecule has 0 fully saturated rings. The van der Waals surface area contributed by atoms with Crippen LogP contribution in [0.3, 0.4) is 0 Å². The molecule has 0 saturated heterocycles. The number of thiol groups is 1. The van der Waals surface area contributed by atoms with Gasteiger partial charge < -0.3 is 5.32 Å². The van der Waals surface area contributed by atoms with Crippen LogP contribution < -0.4 is 5.32 Å². The predicted octanol–water partition coefficient (Wildman–Crippen LogP) is 1.30. The van der Waals surface area contributed by atoms with Crippen molar-refractivity contribution in [3.63, 3.8) is 0 Å². The highest BCUT2D eigenvalue weighted by molar-refractivity contribution is 7.80. The second-order valence-electron chi connectivity index (χ2n) is 3.82. The SMILES string of the molecule is [B]C1NC(=O)C(c2ccccc2C)=C1CS. The van der Waals surface area contributed by atoms with Gasteiger partial charge in [0, 0.05) is 17.3 Å². The molecule has 0 bridgehead atoms. The molecule has 1 aromatic carbocycles. The molecular weight excluding hydrogens is 217 g/mol.